The highest BCUT2D eigenvalue weighted by molar-refractivity contribution is 5.71. The van der Waals surface area contributed by atoms with Crippen LogP contribution in [0.5, 0.6) is 0 Å². The smallest absolute Gasteiger partial charge is 0.306 e. The first-order valence-electron chi connectivity index (χ1n) is 32.0. The van der Waals surface area contributed by atoms with Crippen molar-refractivity contribution in [1.29, 1.82) is 0 Å². The molecular weight excluding hydrogens is 889 g/mol. The molecule has 0 aliphatic heterocycles. The Balaban J connectivity index is 4.35. The second-order valence-corrected chi connectivity index (χ2v) is 21.7. The average molecular weight is 1010 g/mol. The lowest BCUT2D eigenvalue weighted by Gasteiger charge is -2.18. The topological polar surface area (TPSA) is 78.9 Å². The number of carbonyl (C=O) groups is 3. The third-order valence-electron chi connectivity index (χ3n) is 14.3. The van der Waals surface area contributed by atoms with Crippen molar-refractivity contribution in [3.63, 3.8) is 0 Å². The molecule has 6 heteroatoms. The fourth-order valence-corrected chi connectivity index (χ4v) is 9.49. The molecule has 0 aromatic heterocycles. The lowest BCUT2D eigenvalue weighted by atomic mass is 10.1. The quantitative estimate of drug-likeness (QED) is 0.0261. The van der Waals surface area contributed by atoms with Crippen LogP contribution >= 0.6 is 0 Å². The Bertz CT molecular complexity index is 1210. The monoisotopic (exact) mass is 1010 g/mol. The Hall–Kier alpha value is -2.37. The number of allylic oxidation sites excluding steroid dienone is 6. The van der Waals surface area contributed by atoms with E-state index >= 15 is 0 Å². The van der Waals surface area contributed by atoms with E-state index in [1.165, 1.54) is 244 Å². The Morgan fingerprint density at radius 3 is 0.694 bits per heavy atom. The highest BCUT2D eigenvalue weighted by atomic mass is 16.6. The van der Waals surface area contributed by atoms with Gasteiger partial charge in [0, 0.05) is 19.3 Å². The van der Waals surface area contributed by atoms with Crippen LogP contribution in [0, 0.1) is 0 Å². The minimum Gasteiger partial charge on any atom is -0.462 e. The first-order chi connectivity index (χ1) is 35.5. The van der Waals surface area contributed by atoms with Gasteiger partial charge in [-0.3, -0.25) is 14.4 Å². The highest BCUT2D eigenvalue weighted by Crippen LogP contribution is 2.17. The molecule has 1 atom stereocenters. The number of unbranched alkanes of at least 4 members (excludes halogenated alkanes) is 42. The molecule has 0 N–H and O–H groups in total. The van der Waals surface area contributed by atoms with E-state index in [2.05, 4.69) is 57.2 Å². The number of rotatable bonds is 59. The van der Waals surface area contributed by atoms with Gasteiger partial charge in [0.1, 0.15) is 13.2 Å². The van der Waals surface area contributed by atoms with Gasteiger partial charge >= 0.3 is 17.9 Å². The predicted octanol–water partition coefficient (Wildman–Crippen LogP) is 21.6. The summed E-state index contributed by atoms with van der Waals surface area (Å²) in [6.07, 6.45) is 74.3. The summed E-state index contributed by atoms with van der Waals surface area (Å²) in [5.41, 5.74) is 0. The van der Waals surface area contributed by atoms with Gasteiger partial charge in [-0.2, -0.15) is 0 Å². The van der Waals surface area contributed by atoms with Gasteiger partial charge in [0.2, 0.25) is 0 Å². The van der Waals surface area contributed by atoms with Crippen molar-refractivity contribution in [3.8, 4) is 0 Å². The van der Waals surface area contributed by atoms with Crippen molar-refractivity contribution < 1.29 is 28.6 Å². The zero-order chi connectivity index (χ0) is 52.2. The maximum absolute atomic E-state index is 12.9. The molecule has 0 radical (unpaired) electrons. The van der Waals surface area contributed by atoms with Crippen molar-refractivity contribution >= 4 is 17.9 Å². The van der Waals surface area contributed by atoms with Crippen molar-refractivity contribution in [2.24, 2.45) is 0 Å². The Morgan fingerprint density at radius 2 is 0.458 bits per heavy atom. The normalized spacial score (nSPS) is 12.2. The van der Waals surface area contributed by atoms with Gasteiger partial charge in [-0.1, -0.05) is 269 Å². The van der Waals surface area contributed by atoms with E-state index < -0.39 is 6.10 Å². The zero-order valence-electron chi connectivity index (χ0n) is 48.5. The summed E-state index contributed by atoms with van der Waals surface area (Å²) >= 11 is 0. The maximum Gasteiger partial charge on any atom is 0.306 e. The molecule has 422 valence electrons. The minimum absolute atomic E-state index is 0.0737. The molecule has 0 aliphatic rings. The maximum atomic E-state index is 12.9. The summed E-state index contributed by atoms with van der Waals surface area (Å²) in [4.78, 5) is 38.3. The summed E-state index contributed by atoms with van der Waals surface area (Å²) in [5.74, 6) is -0.864. The fourth-order valence-electron chi connectivity index (χ4n) is 9.49. The van der Waals surface area contributed by atoms with E-state index in [4.69, 9.17) is 14.2 Å². The number of esters is 3. The van der Waals surface area contributed by atoms with Crippen LogP contribution in [0.15, 0.2) is 36.5 Å². The molecule has 0 saturated carbocycles. The standard InChI is InChI=1S/C66H122O6/c1-4-7-10-13-16-19-22-25-28-31-33-35-38-41-44-47-50-53-56-59-65(68)71-62-63(61-70-64(67)58-55-52-49-46-43-40-37-30-27-24-21-18-15-12-9-6-3)72-66(69)60-57-54-51-48-45-42-39-36-34-32-29-26-23-20-17-14-11-8-5-2/h25-26,28-30,37,63H,4-24,27,31-36,38-62H2,1-3H3/b28-25-,29-26-,37-30-. The minimum atomic E-state index is -0.777. The van der Waals surface area contributed by atoms with Crippen LogP contribution in [0.1, 0.15) is 348 Å². The molecule has 0 amide bonds. The number of ether oxygens (including phenoxy) is 3. The molecule has 6 nitrogen and oxygen atoms in total. The summed E-state index contributed by atoms with van der Waals surface area (Å²) in [7, 11) is 0. The molecule has 0 aromatic rings. The first-order valence-corrected chi connectivity index (χ1v) is 32.0. The third-order valence-corrected chi connectivity index (χ3v) is 14.3. The van der Waals surface area contributed by atoms with Crippen molar-refractivity contribution in [2.45, 2.75) is 354 Å². The molecule has 0 heterocycles. The van der Waals surface area contributed by atoms with Gasteiger partial charge < -0.3 is 14.2 Å². The highest BCUT2D eigenvalue weighted by Gasteiger charge is 2.19. The van der Waals surface area contributed by atoms with Crippen LogP contribution in [0.3, 0.4) is 0 Å². The Morgan fingerprint density at radius 1 is 0.264 bits per heavy atom. The molecule has 0 fully saturated rings. The molecule has 0 rings (SSSR count). The molecule has 0 saturated heterocycles. The van der Waals surface area contributed by atoms with E-state index in [0.29, 0.717) is 19.3 Å². The second kappa shape index (κ2) is 61.2. The van der Waals surface area contributed by atoms with Crippen LogP contribution in [0.4, 0.5) is 0 Å². The molecule has 0 spiro atoms. The van der Waals surface area contributed by atoms with E-state index in [9.17, 15) is 14.4 Å². The van der Waals surface area contributed by atoms with Crippen molar-refractivity contribution in [1.82, 2.24) is 0 Å². The molecule has 72 heavy (non-hydrogen) atoms. The van der Waals surface area contributed by atoms with Gasteiger partial charge in [0.05, 0.1) is 0 Å². The Labute approximate surface area is 448 Å². The van der Waals surface area contributed by atoms with E-state index in [0.717, 1.165) is 64.2 Å². The summed E-state index contributed by atoms with van der Waals surface area (Å²) in [5, 5.41) is 0. The summed E-state index contributed by atoms with van der Waals surface area (Å²) in [6, 6.07) is 0. The molecule has 0 aromatic carbocycles. The van der Waals surface area contributed by atoms with Crippen LogP contribution in [0.25, 0.3) is 0 Å². The Kier molecular flexibility index (Phi) is 59.2. The third kappa shape index (κ3) is 58.5. The zero-order valence-corrected chi connectivity index (χ0v) is 48.5. The largest absolute Gasteiger partial charge is 0.462 e. The number of carbonyl (C=O) groups excluding carboxylic acids is 3. The second-order valence-electron chi connectivity index (χ2n) is 21.7. The van der Waals surface area contributed by atoms with Crippen molar-refractivity contribution in [2.75, 3.05) is 13.2 Å². The lowest BCUT2D eigenvalue weighted by Crippen LogP contribution is -2.30. The van der Waals surface area contributed by atoms with Crippen LogP contribution in [-0.4, -0.2) is 37.2 Å². The molecule has 0 bridgehead atoms. The SMILES string of the molecule is CCCCCCCC/C=C\CCCCCCCCCCCC(=O)OCC(COC(=O)CCCCCCC/C=C\CCCCCCCCC)OC(=O)CCCCCCCCCCC/C=C\CCCCCCCC. The number of hydrogen-bond acceptors (Lipinski definition) is 6. The van der Waals surface area contributed by atoms with Gasteiger partial charge in [0.15, 0.2) is 6.10 Å². The van der Waals surface area contributed by atoms with Gasteiger partial charge in [-0.15, -0.1) is 0 Å². The van der Waals surface area contributed by atoms with E-state index in [1.807, 2.05) is 0 Å². The van der Waals surface area contributed by atoms with Gasteiger partial charge in [-0.05, 0) is 96.3 Å². The van der Waals surface area contributed by atoms with Crippen molar-refractivity contribution in [3.05, 3.63) is 36.5 Å². The molecule has 1 unspecified atom stereocenters. The number of hydrogen-bond donors (Lipinski definition) is 0. The van der Waals surface area contributed by atoms with Gasteiger partial charge in [-0.25, -0.2) is 0 Å². The lowest BCUT2D eigenvalue weighted by molar-refractivity contribution is -0.167. The van der Waals surface area contributed by atoms with Crippen LogP contribution in [-0.2, 0) is 28.6 Å². The van der Waals surface area contributed by atoms with E-state index in [-0.39, 0.29) is 31.1 Å². The summed E-state index contributed by atoms with van der Waals surface area (Å²) in [6.45, 7) is 6.67. The van der Waals surface area contributed by atoms with E-state index in [1.54, 1.807) is 0 Å². The van der Waals surface area contributed by atoms with Crippen LogP contribution < -0.4 is 0 Å². The first kappa shape index (κ1) is 69.6. The molecular formula is C66H122O6. The average Bonchev–Trinajstić information content (AvgIpc) is 3.38. The predicted molar refractivity (Wildman–Crippen MR) is 312 cm³/mol. The van der Waals surface area contributed by atoms with Crippen LogP contribution in [0.2, 0.25) is 0 Å². The van der Waals surface area contributed by atoms with Gasteiger partial charge in [0.25, 0.3) is 0 Å². The fraction of sp³-hybridized carbons (Fsp3) is 0.864. The molecule has 0 aliphatic carbocycles. The summed E-state index contributed by atoms with van der Waals surface area (Å²) < 4.78 is 16.9.